The number of nitrogens with zero attached hydrogens (tertiary/aromatic N) is 4. The number of rotatable bonds is 13. The van der Waals surface area contributed by atoms with Gasteiger partial charge in [-0.2, -0.15) is 0 Å². The van der Waals surface area contributed by atoms with Gasteiger partial charge in [0, 0.05) is 61.4 Å². The largest absolute Gasteiger partial charge is 0.494 e. The van der Waals surface area contributed by atoms with Gasteiger partial charge in [-0.25, -0.2) is 4.39 Å². The van der Waals surface area contributed by atoms with E-state index in [0.29, 0.717) is 23.4 Å². The lowest BCUT2D eigenvalue weighted by molar-refractivity contribution is 0.244. The Morgan fingerprint density at radius 2 is 1.68 bits per heavy atom. The molecule has 4 aromatic rings. The summed E-state index contributed by atoms with van der Waals surface area (Å²) >= 11 is 0. The summed E-state index contributed by atoms with van der Waals surface area (Å²) in [6, 6.07) is 19.7. The Labute approximate surface area is 260 Å². The van der Waals surface area contributed by atoms with Crippen LogP contribution in [0, 0.1) is 5.82 Å². The molecule has 7 nitrogen and oxygen atoms in total. The van der Waals surface area contributed by atoms with E-state index in [4.69, 9.17) is 9.47 Å². The standard InChI is InChI=1S/C36H45FN4O3/c1-4-38-19-21-39(22-20-38)33-8-5-7-30-31(33)25-41(36(30)42)32(27-12-17-34(43-2)35(23-27)44-3)9-6-18-40(29-15-16-29)24-26-10-13-28(37)14-11-26/h5,7-8,10-14,17,23,25,29,32,42H,4,6,9,15-16,18-22,24H2,1-3H3/t32-/m1/s1. The highest BCUT2D eigenvalue weighted by molar-refractivity contribution is 5.98. The van der Waals surface area contributed by atoms with Crippen LogP contribution in [0.3, 0.4) is 0 Å². The molecule has 0 bridgehead atoms. The van der Waals surface area contributed by atoms with Crippen LogP contribution in [0.1, 0.15) is 49.8 Å². The average Bonchev–Trinajstić information content (AvgIpc) is 3.86. The minimum atomic E-state index is -0.199. The summed E-state index contributed by atoms with van der Waals surface area (Å²) < 4.78 is 26.8. The van der Waals surface area contributed by atoms with Gasteiger partial charge in [0.15, 0.2) is 17.4 Å². The second-order valence-corrected chi connectivity index (χ2v) is 12.1. The van der Waals surface area contributed by atoms with Crippen LogP contribution in [0.25, 0.3) is 10.8 Å². The van der Waals surface area contributed by atoms with E-state index in [1.54, 1.807) is 26.4 Å². The van der Waals surface area contributed by atoms with Crippen LogP contribution >= 0.6 is 0 Å². The van der Waals surface area contributed by atoms with Crippen LogP contribution < -0.4 is 14.4 Å². The topological polar surface area (TPSA) is 53.3 Å². The van der Waals surface area contributed by atoms with Gasteiger partial charge in [-0.15, -0.1) is 0 Å². The van der Waals surface area contributed by atoms with Gasteiger partial charge < -0.3 is 28.9 Å². The third kappa shape index (κ3) is 6.52. The Morgan fingerprint density at radius 3 is 2.36 bits per heavy atom. The summed E-state index contributed by atoms with van der Waals surface area (Å²) in [5, 5.41) is 13.7. The van der Waals surface area contributed by atoms with E-state index in [-0.39, 0.29) is 11.9 Å². The molecule has 6 rings (SSSR count). The molecule has 2 fully saturated rings. The number of ether oxygens (including phenoxy) is 2. The third-order valence-electron chi connectivity index (χ3n) is 9.41. The SMILES string of the molecule is CCN1CCN(c2cccc3c(O)n([C@H](CCCN(Cc4ccc(F)cc4)C4CC4)c4ccc(OC)c(OC)c4)cc23)CC1. The van der Waals surface area contributed by atoms with Gasteiger partial charge in [0.1, 0.15) is 5.82 Å². The summed E-state index contributed by atoms with van der Waals surface area (Å²) in [7, 11) is 3.31. The number of halogens is 1. The maximum Gasteiger partial charge on any atom is 0.199 e. The van der Waals surface area contributed by atoms with Gasteiger partial charge in [-0.1, -0.05) is 31.2 Å². The summed E-state index contributed by atoms with van der Waals surface area (Å²) in [4.78, 5) is 7.46. The first-order valence-electron chi connectivity index (χ1n) is 16.0. The van der Waals surface area contributed by atoms with Gasteiger partial charge in [0.05, 0.1) is 20.3 Å². The third-order valence-corrected chi connectivity index (χ3v) is 9.41. The number of hydrogen-bond donors (Lipinski definition) is 1. The number of benzene rings is 3. The lowest BCUT2D eigenvalue weighted by Gasteiger charge is -2.35. The highest BCUT2D eigenvalue weighted by Crippen LogP contribution is 2.41. The molecule has 0 unspecified atom stereocenters. The van der Waals surface area contributed by atoms with Crippen molar-refractivity contribution >= 4 is 16.5 Å². The highest BCUT2D eigenvalue weighted by atomic mass is 19.1. The minimum absolute atomic E-state index is 0.0983. The number of fused-ring (bicyclic) bond motifs is 1. The Hall–Kier alpha value is -3.75. The zero-order chi connectivity index (χ0) is 30.6. The number of likely N-dealkylation sites (N-methyl/N-ethyl adjacent to an activating group) is 1. The average molecular weight is 601 g/mol. The summed E-state index contributed by atoms with van der Waals surface area (Å²) in [6.45, 7) is 9.08. The monoisotopic (exact) mass is 600 g/mol. The number of piperazine rings is 1. The number of aromatic nitrogens is 1. The Balaban J connectivity index is 1.29. The van der Waals surface area contributed by atoms with Crippen LogP contribution in [-0.4, -0.2) is 79.0 Å². The molecule has 0 spiro atoms. The van der Waals surface area contributed by atoms with E-state index in [9.17, 15) is 9.50 Å². The molecule has 1 saturated carbocycles. The van der Waals surface area contributed by atoms with Crippen molar-refractivity contribution in [3.63, 3.8) is 0 Å². The van der Waals surface area contributed by atoms with Crippen molar-refractivity contribution in [1.82, 2.24) is 14.4 Å². The van der Waals surface area contributed by atoms with Gasteiger partial charge >= 0.3 is 0 Å². The fourth-order valence-corrected chi connectivity index (χ4v) is 6.71. The van der Waals surface area contributed by atoms with Crippen LogP contribution in [0.2, 0.25) is 0 Å². The highest BCUT2D eigenvalue weighted by Gasteiger charge is 2.29. The second-order valence-electron chi connectivity index (χ2n) is 12.1. The zero-order valence-corrected chi connectivity index (χ0v) is 26.2. The van der Waals surface area contributed by atoms with E-state index < -0.39 is 0 Å². The number of hydrogen-bond acceptors (Lipinski definition) is 6. The molecule has 2 heterocycles. The van der Waals surface area contributed by atoms with E-state index in [1.807, 2.05) is 30.3 Å². The first-order chi connectivity index (χ1) is 21.5. The quantitative estimate of drug-likeness (QED) is 0.185. The Morgan fingerprint density at radius 1 is 0.932 bits per heavy atom. The predicted octanol–water partition coefficient (Wildman–Crippen LogP) is 6.68. The molecule has 2 aliphatic rings. The van der Waals surface area contributed by atoms with E-state index in [0.717, 1.165) is 80.6 Å². The molecule has 1 N–H and O–H groups in total. The number of aromatic hydroxyl groups is 1. The van der Waals surface area contributed by atoms with Crippen molar-refractivity contribution in [2.75, 3.05) is 58.4 Å². The van der Waals surface area contributed by atoms with Crippen LogP contribution in [0.4, 0.5) is 10.1 Å². The minimum Gasteiger partial charge on any atom is -0.494 e. The lowest BCUT2D eigenvalue weighted by Crippen LogP contribution is -2.46. The Bertz CT molecular complexity index is 1540. The molecular weight excluding hydrogens is 555 g/mol. The van der Waals surface area contributed by atoms with Gasteiger partial charge in [0.2, 0.25) is 0 Å². The fourth-order valence-electron chi connectivity index (χ4n) is 6.71. The summed E-state index contributed by atoms with van der Waals surface area (Å²) in [6.07, 6.45) is 6.33. The number of methoxy groups -OCH3 is 2. The molecule has 1 aliphatic heterocycles. The molecule has 8 heteroatoms. The lowest BCUT2D eigenvalue weighted by atomic mass is 10.0. The van der Waals surface area contributed by atoms with Gasteiger partial charge in [-0.05, 0) is 86.3 Å². The molecular formula is C36H45FN4O3. The summed E-state index contributed by atoms with van der Waals surface area (Å²) in [5.41, 5.74) is 3.38. The molecule has 1 aromatic heterocycles. The molecule has 1 aliphatic carbocycles. The normalized spacial score (nSPS) is 16.5. The molecule has 44 heavy (non-hydrogen) atoms. The van der Waals surface area contributed by atoms with Crippen molar-refractivity contribution in [2.24, 2.45) is 0 Å². The maximum absolute atomic E-state index is 13.5. The maximum atomic E-state index is 13.5. The molecule has 1 atom stereocenters. The van der Waals surface area contributed by atoms with Crippen LogP contribution in [0.5, 0.6) is 17.4 Å². The van der Waals surface area contributed by atoms with Crippen molar-refractivity contribution < 1.29 is 19.0 Å². The van der Waals surface area contributed by atoms with Gasteiger partial charge in [0.25, 0.3) is 0 Å². The van der Waals surface area contributed by atoms with E-state index >= 15 is 0 Å². The van der Waals surface area contributed by atoms with Crippen molar-refractivity contribution in [1.29, 1.82) is 0 Å². The smallest absolute Gasteiger partial charge is 0.199 e. The number of anilines is 1. The molecule has 0 radical (unpaired) electrons. The Kier molecular flexibility index (Phi) is 9.28. The van der Waals surface area contributed by atoms with Gasteiger partial charge in [-0.3, -0.25) is 4.90 Å². The molecule has 1 saturated heterocycles. The van der Waals surface area contributed by atoms with E-state index in [1.165, 1.54) is 18.5 Å². The van der Waals surface area contributed by atoms with Crippen molar-refractivity contribution in [3.05, 3.63) is 83.8 Å². The summed E-state index contributed by atoms with van der Waals surface area (Å²) in [5.74, 6) is 1.45. The first kappa shape index (κ1) is 30.3. The zero-order valence-electron chi connectivity index (χ0n) is 26.2. The van der Waals surface area contributed by atoms with Crippen molar-refractivity contribution in [2.45, 2.75) is 51.2 Å². The fraction of sp³-hybridized carbons (Fsp3) is 0.444. The second kappa shape index (κ2) is 13.5. The van der Waals surface area contributed by atoms with Crippen LogP contribution in [0.15, 0.2) is 66.9 Å². The van der Waals surface area contributed by atoms with Crippen LogP contribution in [-0.2, 0) is 6.54 Å². The predicted molar refractivity (Wildman–Crippen MR) is 175 cm³/mol. The molecule has 0 amide bonds. The van der Waals surface area contributed by atoms with Crippen molar-refractivity contribution in [3.8, 4) is 17.4 Å². The van der Waals surface area contributed by atoms with E-state index in [2.05, 4.69) is 50.6 Å². The molecule has 3 aromatic carbocycles. The first-order valence-corrected chi connectivity index (χ1v) is 16.0. The molecule has 234 valence electrons.